The van der Waals surface area contributed by atoms with Crippen LogP contribution >= 0.6 is 12.2 Å². The van der Waals surface area contributed by atoms with Gasteiger partial charge in [-0.15, -0.1) is 0 Å². The molecule has 0 atom stereocenters. The van der Waals surface area contributed by atoms with Crippen molar-refractivity contribution in [3.05, 3.63) is 64.4 Å². The first kappa shape index (κ1) is 12.2. The second-order valence-corrected chi connectivity index (χ2v) is 5.09. The van der Waals surface area contributed by atoms with Crippen LogP contribution in [0.25, 0.3) is 11.0 Å². The smallest absolute Gasteiger partial charge is 0.178 e. The molecule has 0 amide bonds. The van der Waals surface area contributed by atoms with Gasteiger partial charge in [-0.2, -0.15) is 0 Å². The molecule has 19 heavy (non-hydrogen) atoms. The van der Waals surface area contributed by atoms with Crippen LogP contribution in [0.3, 0.4) is 0 Å². The molecule has 1 N–H and O–H groups in total. The van der Waals surface area contributed by atoms with Crippen LogP contribution in [0.2, 0.25) is 0 Å². The maximum Gasteiger partial charge on any atom is 0.178 e. The van der Waals surface area contributed by atoms with Crippen molar-refractivity contribution in [2.75, 3.05) is 0 Å². The van der Waals surface area contributed by atoms with E-state index in [1.165, 1.54) is 11.1 Å². The van der Waals surface area contributed by atoms with Crippen molar-refractivity contribution in [3.8, 4) is 0 Å². The van der Waals surface area contributed by atoms with Crippen LogP contribution in [0.1, 0.15) is 18.1 Å². The Labute approximate surface area is 117 Å². The van der Waals surface area contributed by atoms with Crippen LogP contribution in [-0.2, 0) is 13.0 Å². The molecule has 0 aliphatic carbocycles. The van der Waals surface area contributed by atoms with E-state index >= 15 is 0 Å². The standard InChI is InChI=1S/C16H16N2S/c1-2-12-7-9-13(10-8-12)11-18-15-6-4-3-5-14(15)17-16(18)19/h3-10H,2,11H2,1H3,(H,17,19). The molecular formula is C16H16N2S. The largest absolute Gasteiger partial charge is 0.331 e. The van der Waals surface area contributed by atoms with Crippen LogP contribution in [0.5, 0.6) is 0 Å². The minimum atomic E-state index is 0.778. The minimum absolute atomic E-state index is 0.778. The van der Waals surface area contributed by atoms with E-state index in [1.54, 1.807) is 0 Å². The molecule has 96 valence electrons. The van der Waals surface area contributed by atoms with Crippen molar-refractivity contribution >= 4 is 23.3 Å². The summed E-state index contributed by atoms with van der Waals surface area (Å²) in [5, 5.41) is 0. The van der Waals surface area contributed by atoms with E-state index in [0.29, 0.717) is 0 Å². The molecule has 0 saturated carbocycles. The van der Waals surface area contributed by atoms with Gasteiger partial charge in [0.25, 0.3) is 0 Å². The summed E-state index contributed by atoms with van der Waals surface area (Å²) in [7, 11) is 0. The fourth-order valence-corrected chi connectivity index (χ4v) is 2.60. The molecular weight excluding hydrogens is 252 g/mol. The van der Waals surface area contributed by atoms with E-state index in [2.05, 4.69) is 52.9 Å². The summed E-state index contributed by atoms with van der Waals surface area (Å²) < 4.78 is 2.92. The maximum atomic E-state index is 5.41. The number of imidazole rings is 1. The van der Waals surface area contributed by atoms with Crippen LogP contribution < -0.4 is 0 Å². The molecule has 1 aromatic heterocycles. The van der Waals surface area contributed by atoms with Crippen molar-refractivity contribution in [2.45, 2.75) is 19.9 Å². The average Bonchev–Trinajstić information content (AvgIpc) is 2.76. The summed E-state index contributed by atoms with van der Waals surface area (Å²) in [6.07, 6.45) is 1.08. The highest BCUT2D eigenvalue weighted by atomic mass is 32.1. The maximum absolute atomic E-state index is 5.41. The molecule has 3 heteroatoms. The number of hydrogen-bond donors (Lipinski definition) is 1. The SMILES string of the molecule is CCc1ccc(Cn2c(=S)[nH]c3ccccc32)cc1. The van der Waals surface area contributed by atoms with Crippen molar-refractivity contribution in [1.82, 2.24) is 9.55 Å². The number of H-pyrrole nitrogens is 1. The Bertz CT molecular complexity index is 750. The molecule has 0 fully saturated rings. The van der Waals surface area contributed by atoms with Crippen LogP contribution in [0, 0.1) is 4.77 Å². The molecule has 0 bridgehead atoms. The number of hydrogen-bond acceptors (Lipinski definition) is 1. The first-order valence-corrected chi connectivity index (χ1v) is 6.94. The van der Waals surface area contributed by atoms with E-state index in [-0.39, 0.29) is 0 Å². The van der Waals surface area contributed by atoms with Gasteiger partial charge in [0, 0.05) is 0 Å². The quantitative estimate of drug-likeness (QED) is 0.702. The predicted molar refractivity (Wildman–Crippen MR) is 82.0 cm³/mol. The van der Waals surface area contributed by atoms with Gasteiger partial charge in [0.15, 0.2) is 4.77 Å². The normalized spacial score (nSPS) is 11.0. The Morgan fingerprint density at radius 1 is 1.00 bits per heavy atom. The van der Waals surface area contributed by atoms with Crippen molar-refractivity contribution in [3.63, 3.8) is 0 Å². The highest BCUT2D eigenvalue weighted by Crippen LogP contribution is 2.16. The molecule has 3 rings (SSSR count). The fraction of sp³-hybridized carbons (Fsp3) is 0.188. The van der Waals surface area contributed by atoms with Gasteiger partial charge in [-0.05, 0) is 41.9 Å². The number of aryl methyl sites for hydroxylation is 1. The van der Waals surface area contributed by atoms with Crippen LogP contribution in [0.4, 0.5) is 0 Å². The Hall–Kier alpha value is -1.87. The van der Waals surface area contributed by atoms with E-state index in [0.717, 1.165) is 28.8 Å². The number of aromatic amines is 1. The van der Waals surface area contributed by atoms with Gasteiger partial charge in [-0.3, -0.25) is 0 Å². The third-order valence-electron chi connectivity index (χ3n) is 3.45. The van der Waals surface area contributed by atoms with Crippen molar-refractivity contribution < 1.29 is 0 Å². The lowest BCUT2D eigenvalue weighted by atomic mass is 10.1. The number of nitrogens with one attached hydrogen (secondary N) is 1. The van der Waals surface area contributed by atoms with E-state index in [1.807, 2.05) is 12.1 Å². The molecule has 0 spiro atoms. The third-order valence-corrected chi connectivity index (χ3v) is 3.78. The Morgan fingerprint density at radius 3 is 2.42 bits per heavy atom. The lowest BCUT2D eigenvalue weighted by Crippen LogP contribution is -1.99. The summed E-state index contributed by atoms with van der Waals surface area (Å²) >= 11 is 5.41. The average molecular weight is 268 g/mol. The molecule has 0 aliphatic rings. The topological polar surface area (TPSA) is 20.7 Å². The molecule has 2 nitrogen and oxygen atoms in total. The lowest BCUT2D eigenvalue weighted by Gasteiger charge is -2.05. The monoisotopic (exact) mass is 268 g/mol. The second-order valence-electron chi connectivity index (χ2n) is 4.70. The summed E-state index contributed by atoms with van der Waals surface area (Å²) in [5.74, 6) is 0. The molecule has 3 aromatic rings. The minimum Gasteiger partial charge on any atom is -0.331 e. The molecule has 0 unspecified atom stereocenters. The van der Waals surface area contributed by atoms with Gasteiger partial charge < -0.3 is 9.55 Å². The van der Waals surface area contributed by atoms with Gasteiger partial charge >= 0.3 is 0 Å². The van der Waals surface area contributed by atoms with E-state index < -0.39 is 0 Å². The van der Waals surface area contributed by atoms with Crippen LogP contribution in [0.15, 0.2) is 48.5 Å². The van der Waals surface area contributed by atoms with Gasteiger partial charge in [0.05, 0.1) is 17.6 Å². The van der Waals surface area contributed by atoms with E-state index in [4.69, 9.17) is 12.2 Å². The van der Waals surface area contributed by atoms with Crippen molar-refractivity contribution in [2.24, 2.45) is 0 Å². The molecule has 0 saturated heterocycles. The molecule has 2 aromatic carbocycles. The third kappa shape index (κ3) is 2.34. The summed E-state index contributed by atoms with van der Waals surface area (Å²) in [5.41, 5.74) is 4.90. The summed E-state index contributed by atoms with van der Waals surface area (Å²) in [4.78, 5) is 3.25. The lowest BCUT2D eigenvalue weighted by molar-refractivity contribution is 0.810. The first-order valence-electron chi connectivity index (χ1n) is 6.53. The predicted octanol–water partition coefficient (Wildman–Crippen LogP) is 4.31. The van der Waals surface area contributed by atoms with E-state index in [9.17, 15) is 0 Å². The number of aromatic nitrogens is 2. The number of fused-ring (bicyclic) bond motifs is 1. The Morgan fingerprint density at radius 2 is 1.68 bits per heavy atom. The fourth-order valence-electron chi connectivity index (χ4n) is 2.33. The number of nitrogens with zero attached hydrogens (tertiary/aromatic N) is 1. The summed E-state index contributed by atoms with van der Waals surface area (Å²) in [6.45, 7) is 2.98. The summed E-state index contributed by atoms with van der Waals surface area (Å²) in [6, 6.07) is 17.0. The molecule has 0 aliphatic heterocycles. The van der Waals surface area contributed by atoms with Gasteiger partial charge in [-0.25, -0.2) is 0 Å². The highest BCUT2D eigenvalue weighted by Gasteiger charge is 2.04. The van der Waals surface area contributed by atoms with Crippen molar-refractivity contribution in [1.29, 1.82) is 0 Å². The van der Waals surface area contributed by atoms with Gasteiger partial charge in [0.2, 0.25) is 0 Å². The number of benzene rings is 2. The molecule has 0 radical (unpaired) electrons. The second kappa shape index (κ2) is 5.02. The zero-order valence-corrected chi connectivity index (χ0v) is 11.7. The number of rotatable bonds is 3. The van der Waals surface area contributed by atoms with Gasteiger partial charge in [0.1, 0.15) is 0 Å². The Kier molecular flexibility index (Phi) is 3.22. The van der Waals surface area contributed by atoms with Gasteiger partial charge in [-0.1, -0.05) is 43.3 Å². The highest BCUT2D eigenvalue weighted by molar-refractivity contribution is 7.71. The molecule has 1 heterocycles. The zero-order valence-electron chi connectivity index (χ0n) is 10.9. The number of para-hydroxylation sites is 2. The first-order chi connectivity index (χ1) is 9.28. The zero-order chi connectivity index (χ0) is 13.2. The van der Waals surface area contributed by atoms with Crippen LogP contribution in [-0.4, -0.2) is 9.55 Å². The Balaban J connectivity index is 2.00.